The molecule has 2 heterocycles. The molecule has 1 amide bonds. The van der Waals surface area contributed by atoms with Crippen LogP contribution in [-0.4, -0.2) is 56.6 Å². The van der Waals surface area contributed by atoms with E-state index in [2.05, 4.69) is 10.3 Å². The Morgan fingerprint density at radius 3 is 2.51 bits per heavy atom. The third-order valence-corrected chi connectivity index (χ3v) is 7.50. The first-order valence-corrected chi connectivity index (χ1v) is 13.8. The highest BCUT2D eigenvalue weighted by Gasteiger charge is 2.38. The number of methoxy groups -OCH3 is 1. The van der Waals surface area contributed by atoms with E-state index in [4.69, 9.17) is 26.2 Å². The van der Waals surface area contributed by atoms with Gasteiger partial charge in [0.15, 0.2) is 0 Å². The smallest absolute Gasteiger partial charge is 0.245 e. The molecular formula is C26H31ClN4O5S. The van der Waals surface area contributed by atoms with Crippen molar-refractivity contribution in [1.29, 1.82) is 0 Å². The lowest BCUT2D eigenvalue weighted by molar-refractivity contribution is -0.133. The van der Waals surface area contributed by atoms with Crippen molar-refractivity contribution in [3.63, 3.8) is 0 Å². The van der Waals surface area contributed by atoms with E-state index >= 15 is 0 Å². The number of pyridine rings is 1. The molecule has 0 saturated carbocycles. The van der Waals surface area contributed by atoms with Gasteiger partial charge in [0.1, 0.15) is 17.9 Å². The van der Waals surface area contributed by atoms with Crippen molar-refractivity contribution in [3.8, 4) is 11.6 Å². The van der Waals surface area contributed by atoms with Crippen LogP contribution in [0.25, 0.3) is 10.8 Å². The van der Waals surface area contributed by atoms with Crippen molar-refractivity contribution in [2.75, 3.05) is 25.5 Å². The van der Waals surface area contributed by atoms with Gasteiger partial charge in [0, 0.05) is 34.4 Å². The number of carbonyl (C=O) groups is 1. The number of benzene rings is 2. The highest BCUT2D eigenvalue weighted by atomic mass is 35.5. The van der Waals surface area contributed by atoms with Crippen LogP contribution in [0.1, 0.15) is 27.2 Å². The van der Waals surface area contributed by atoms with Crippen molar-refractivity contribution in [2.45, 2.75) is 44.2 Å². The number of amides is 1. The number of carbonyl (C=O) groups excluding carboxylic acids is 1. The Hall–Kier alpha value is -3.08. The number of primary sulfonamides is 1. The third kappa shape index (κ3) is 6.08. The third-order valence-electron chi connectivity index (χ3n) is 6.34. The molecule has 3 aromatic rings. The Morgan fingerprint density at radius 2 is 1.89 bits per heavy atom. The number of ether oxygens (including phenoxy) is 2. The monoisotopic (exact) mass is 546 g/mol. The number of halogens is 1. The number of nitrogens with two attached hydrogens (primary N) is 1. The summed E-state index contributed by atoms with van der Waals surface area (Å²) in [5, 5.41) is 10.6. The molecule has 0 radical (unpaired) electrons. The summed E-state index contributed by atoms with van der Waals surface area (Å²) in [5.74, 6) is 1.00. The van der Waals surface area contributed by atoms with Crippen molar-refractivity contribution in [1.82, 2.24) is 9.88 Å². The first-order chi connectivity index (χ1) is 17.4. The number of nitrogens with one attached hydrogen (secondary N) is 1. The van der Waals surface area contributed by atoms with E-state index in [9.17, 15) is 13.2 Å². The van der Waals surface area contributed by atoms with E-state index in [-0.39, 0.29) is 16.9 Å². The highest BCUT2D eigenvalue weighted by Crippen LogP contribution is 2.34. The summed E-state index contributed by atoms with van der Waals surface area (Å²) in [6.45, 7) is 6.87. The van der Waals surface area contributed by atoms with Gasteiger partial charge in [-0.1, -0.05) is 32.4 Å². The second-order valence-corrected chi connectivity index (χ2v) is 12.1. The van der Waals surface area contributed by atoms with Crippen molar-refractivity contribution in [3.05, 3.63) is 53.7 Å². The SMILES string of the molecule is COc1cnc(O[C@@H]2CCN(C(=O)C(Nc3ccc(S(N)(=O)=O)cc3)C(C)(C)C)C2)c2cc(Cl)ccc12. The summed E-state index contributed by atoms with van der Waals surface area (Å²) in [4.78, 5) is 19.8. The van der Waals surface area contributed by atoms with Gasteiger partial charge in [-0.2, -0.15) is 0 Å². The summed E-state index contributed by atoms with van der Waals surface area (Å²) >= 11 is 6.22. The van der Waals surface area contributed by atoms with Crippen molar-refractivity contribution in [2.24, 2.45) is 10.6 Å². The minimum atomic E-state index is -3.79. The van der Waals surface area contributed by atoms with Gasteiger partial charge >= 0.3 is 0 Å². The van der Waals surface area contributed by atoms with Crippen molar-refractivity contribution >= 4 is 44.0 Å². The standard InChI is InChI=1S/C26H31ClN4O5S/c1-26(2,3)23(30-17-6-8-19(9-7-17)37(28,33)34)25(32)31-12-11-18(15-31)36-24-21-13-16(27)5-10-20(21)22(35-4)14-29-24/h5-10,13-14,18,23,30H,11-12,15H2,1-4H3,(H2,28,33,34)/t18-,23?/m1/s1. The highest BCUT2D eigenvalue weighted by molar-refractivity contribution is 7.89. The summed E-state index contributed by atoms with van der Waals surface area (Å²) in [6, 6.07) is 10.9. The molecule has 1 aliphatic heterocycles. The average Bonchev–Trinajstić information content (AvgIpc) is 3.30. The Balaban J connectivity index is 1.49. The number of likely N-dealkylation sites (tertiary alicyclic amines) is 1. The number of rotatable bonds is 7. The fraction of sp³-hybridized carbons (Fsp3) is 0.385. The molecule has 4 rings (SSSR count). The van der Waals surface area contributed by atoms with Crippen LogP contribution in [0.15, 0.2) is 53.6 Å². The number of anilines is 1. The first-order valence-electron chi connectivity index (χ1n) is 11.8. The normalized spacial score (nSPS) is 17.0. The number of fused-ring (bicyclic) bond motifs is 1. The second kappa shape index (κ2) is 10.4. The van der Waals surface area contributed by atoms with Gasteiger partial charge in [-0.15, -0.1) is 0 Å². The molecule has 0 aliphatic carbocycles. The summed E-state index contributed by atoms with van der Waals surface area (Å²) in [6.07, 6.45) is 2.03. The lowest BCUT2D eigenvalue weighted by Gasteiger charge is -2.34. The molecule has 11 heteroatoms. The molecule has 2 atom stereocenters. The van der Waals surface area contributed by atoms with Crippen LogP contribution in [0.4, 0.5) is 5.69 Å². The molecule has 1 fully saturated rings. The van der Waals surface area contributed by atoms with Crippen LogP contribution < -0.4 is 19.9 Å². The van der Waals surface area contributed by atoms with E-state index in [0.717, 1.165) is 10.8 Å². The predicted octanol–water partition coefficient (Wildman–Crippen LogP) is 4.05. The number of nitrogens with zero attached hydrogens (tertiary/aromatic N) is 2. The average molecular weight is 547 g/mol. The molecule has 0 spiro atoms. The lowest BCUT2D eigenvalue weighted by Crippen LogP contribution is -2.49. The molecule has 37 heavy (non-hydrogen) atoms. The van der Waals surface area contributed by atoms with E-state index in [0.29, 0.717) is 41.8 Å². The van der Waals surface area contributed by atoms with Crippen molar-refractivity contribution < 1.29 is 22.7 Å². The fourth-order valence-corrected chi connectivity index (χ4v) is 5.03. The molecule has 1 aromatic heterocycles. The topological polar surface area (TPSA) is 124 Å². The molecule has 198 valence electrons. The van der Waals surface area contributed by atoms with Gasteiger partial charge in [0.05, 0.1) is 24.7 Å². The van der Waals surface area contributed by atoms with Crippen LogP contribution in [0.3, 0.4) is 0 Å². The van der Waals surface area contributed by atoms with Crippen LogP contribution >= 0.6 is 11.6 Å². The lowest BCUT2D eigenvalue weighted by atomic mass is 9.85. The molecule has 9 nitrogen and oxygen atoms in total. The molecular weight excluding hydrogens is 516 g/mol. The largest absolute Gasteiger partial charge is 0.494 e. The zero-order valence-corrected chi connectivity index (χ0v) is 22.8. The Bertz CT molecular complexity index is 1410. The Labute approximate surface area is 222 Å². The van der Waals surface area contributed by atoms with Gasteiger partial charge in [-0.3, -0.25) is 4.79 Å². The minimum Gasteiger partial charge on any atom is -0.494 e. The summed E-state index contributed by atoms with van der Waals surface area (Å²) in [7, 11) is -2.21. The van der Waals surface area contributed by atoms with Crippen LogP contribution in [0.2, 0.25) is 5.02 Å². The van der Waals surface area contributed by atoms with Crippen LogP contribution in [0.5, 0.6) is 11.6 Å². The van der Waals surface area contributed by atoms with E-state index < -0.39 is 21.5 Å². The maximum absolute atomic E-state index is 13.6. The van der Waals surface area contributed by atoms with Gasteiger partial charge in [-0.05, 0) is 47.9 Å². The zero-order chi connectivity index (χ0) is 27.0. The maximum Gasteiger partial charge on any atom is 0.245 e. The van der Waals surface area contributed by atoms with E-state index in [1.165, 1.54) is 12.1 Å². The quantitative estimate of drug-likeness (QED) is 0.458. The number of hydrogen-bond acceptors (Lipinski definition) is 7. The minimum absolute atomic E-state index is 0.0113. The van der Waals surface area contributed by atoms with Gasteiger partial charge in [-0.25, -0.2) is 18.5 Å². The van der Waals surface area contributed by atoms with Gasteiger partial charge < -0.3 is 19.7 Å². The summed E-state index contributed by atoms with van der Waals surface area (Å²) in [5.41, 5.74) is 0.206. The van der Waals surface area contributed by atoms with Crippen LogP contribution in [0, 0.1) is 5.41 Å². The molecule has 3 N–H and O–H groups in total. The van der Waals surface area contributed by atoms with E-state index in [1.807, 2.05) is 26.8 Å². The van der Waals surface area contributed by atoms with Crippen LogP contribution in [-0.2, 0) is 14.8 Å². The number of aromatic nitrogens is 1. The predicted molar refractivity (Wildman–Crippen MR) is 144 cm³/mol. The molecule has 1 saturated heterocycles. The molecule has 2 aromatic carbocycles. The van der Waals surface area contributed by atoms with Gasteiger partial charge in [0.2, 0.25) is 21.8 Å². The van der Waals surface area contributed by atoms with E-state index in [1.54, 1.807) is 42.5 Å². The first kappa shape index (κ1) is 27.0. The zero-order valence-electron chi connectivity index (χ0n) is 21.2. The summed E-state index contributed by atoms with van der Waals surface area (Å²) < 4.78 is 34.8. The number of hydrogen-bond donors (Lipinski definition) is 2. The fourth-order valence-electron chi connectivity index (χ4n) is 4.34. The van der Waals surface area contributed by atoms with Gasteiger partial charge in [0.25, 0.3) is 0 Å². The number of sulfonamides is 1. The molecule has 1 aliphatic rings. The second-order valence-electron chi connectivity index (χ2n) is 10.1. The Kier molecular flexibility index (Phi) is 7.55. The Morgan fingerprint density at radius 1 is 1.19 bits per heavy atom. The maximum atomic E-state index is 13.6. The molecule has 0 bridgehead atoms. The molecule has 1 unspecified atom stereocenters.